The van der Waals surface area contributed by atoms with Crippen LogP contribution in [0.5, 0.6) is 5.75 Å². The summed E-state index contributed by atoms with van der Waals surface area (Å²) in [6.07, 6.45) is 3.08. The fourth-order valence-corrected chi connectivity index (χ4v) is 1.71. The molecule has 1 N–H and O–H groups in total. The van der Waals surface area contributed by atoms with Gasteiger partial charge in [-0.15, -0.1) is 0 Å². The molecule has 0 saturated heterocycles. The van der Waals surface area contributed by atoms with Gasteiger partial charge < -0.3 is 10.1 Å². The molecule has 0 saturated carbocycles. The molecule has 1 atom stereocenters. The molecule has 1 aromatic carbocycles. The molecule has 0 aliphatic heterocycles. The van der Waals surface area contributed by atoms with Gasteiger partial charge >= 0.3 is 0 Å². The smallest absolute Gasteiger partial charge is 0.165 e. The van der Waals surface area contributed by atoms with Crippen molar-refractivity contribution in [1.82, 2.24) is 5.32 Å². The Morgan fingerprint density at radius 2 is 2.06 bits per heavy atom. The first kappa shape index (κ1) is 15.0. The van der Waals surface area contributed by atoms with Crippen LogP contribution in [0.3, 0.4) is 0 Å². The first-order valence-electron chi connectivity index (χ1n) is 6.84. The largest absolute Gasteiger partial charge is 0.491 e. The van der Waals surface area contributed by atoms with Gasteiger partial charge in [0, 0.05) is 6.04 Å². The minimum atomic E-state index is -0.270. The fraction of sp³-hybridized carbons (Fsp3) is 0.600. The number of halogens is 1. The highest BCUT2D eigenvalue weighted by Gasteiger charge is 2.09. The van der Waals surface area contributed by atoms with E-state index in [1.54, 1.807) is 12.1 Å². The molecule has 0 radical (unpaired) electrons. The van der Waals surface area contributed by atoms with E-state index < -0.39 is 0 Å². The Balaban J connectivity index is 2.60. The van der Waals surface area contributed by atoms with Crippen molar-refractivity contribution < 1.29 is 9.13 Å². The van der Waals surface area contributed by atoms with Crippen LogP contribution in [0.2, 0.25) is 0 Å². The summed E-state index contributed by atoms with van der Waals surface area (Å²) >= 11 is 0. The van der Waals surface area contributed by atoms with Crippen LogP contribution in [0.1, 0.15) is 51.6 Å². The SMILES string of the molecule is CCCCOc1ccc(C(C)NCCC)cc1F. The number of benzene rings is 1. The lowest BCUT2D eigenvalue weighted by molar-refractivity contribution is 0.294. The van der Waals surface area contributed by atoms with Gasteiger partial charge in [0.15, 0.2) is 11.6 Å². The van der Waals surface area contributed by atoms with Crippen LogP contribution in [0, 0.1) is 5.82 Å². The lowest BCUT2D eigenvalue weighted by Gasteiger charge is -2.15. The highest BCUT2D eigenvalue weighted by Crippen LogP contribution is 2.22. The Morgan fingerprint density at radius 3 is 2.67 bits per heavy atom. The average Bonchev–Trinajstić information content (AvgIpc) is 2.38. The van der Waals surface area contributed by atoms with Gasteiger partial charge in [-0.25, -0.2) is 4.39 Å². The van der Waals surface area contributed by atoms with Crippen molar-refractivity contribution in [2.75, 3.05) is 13.2 Å². The zero-order chi connectivity index (χ0) is 13.4. The number of nitrogens with one attached hydrogen (secondary N) is 1. The summed E-state index contributed by atoms with van der Waals surface area (Å²) in [6, 6.07) is 5.39. The first-order valence-corrected chi connectivity index (χ1v) is 6.84. The Morgan fingerprint density at radius 1 is 1.28 bits per heavy atom. The van der Waals surface area contributed by atoms with Crippen LogP contribution in [-0.4, -0.2) is 13.2 Å². The number of unbranched alkanes of at least 4 members (excludes halogenated alkanes) is 1. The van der Waals surface area contributed by atoms with Crippen molar-refractivity contribution in [3.8, 4) is 5.75 Å². The molecule has 1 rings (SSSR count). The van der Waals surface area contributed by atoms with Gasteiger partial charge in [0.1, 0.15) is 0 Å². The number of hydrogen-bond acceptors (Lipinski definition) is 2. The van der Waals surface area contributed by atoms with Gasteiger partial charge in [0.05, 0.1) is 6.61 Å². The van der Waals surface area contributed by atoms with Crippen LogP contribution in [0.4, 0.5) is 4.39 Å². The quantitative estimate of drug-likeness (QED) is 0.705. The number of ether oxygens (including phenoxy) is 1. The maximum atomic E-state index is 13.8. The van der Waals surface area contributed by atoms with E-state index in [2.05, 4.69) is 19.2 Å². The van der Waals surface area contributed by atoms with E-state index in [0.717, 1.165) is 31.4 Å². The normalized spacial score (nSPS) is 12.4. The molecule has 0 fully saturated rings. The molecular weight excluding hydrogens is 229 g/mol. The topological polar surface area (TPSA) is 21.3 Å². The second-order valence-corrected chi connectivity index (χ2v) is 4.57. The van der Waals surface area contributed by atoms with E-state index in [-0.39, 0.29) is 11.9 Å². The molecule has 1 aromatic rings. The third-order valence-corrected chi connectivity index (χ3v) is 2.91. The standard InChI is InChI=1S/C15H24FNO/c1-4-6-10-18-15-8-7-13(11-14(15)16)12(3)17-9-5-2/h7-8,11-12,17H,4-6,9-10H2,1-3H3. The molecule has 0 aromatic heterocycles. The van der Waals surface area contributed by atoms with Crippen molar-refractivity contribution in [3.05, 3.63) is 29.6 Å². The molecule has 0 amide bonds. The van der Waals surface area contributed by atoms with Gasteiger partial charge in [0.25, 0.3) is 0 Å². The van der Waals surface area contributed by atoms with Crippen LogP contribution in [0.15, 0.2) is 18.2 Å². The summed E-state index contributed by atoms with van der Waals surface area (Å²) < 4.78 is 19.2. The Labute approximate surface area is 110 Å². The molecule has 1 unspecified atom stereocenters. The summed E-state index contributed by atoms with van der Waals surface area (Å²) in [5, 5.41) is 3.34. The van der Waals surface area contributed by atoms with E-state index >= 15 is 0 Å². The molecule has 18 heavy (non-hydrogen) atoms. The van der Waals surface area contributed by atoms with Gasteiger partial charge in [-0.1, -0.05) is 26.3 Å². The van der Waals surface area contributed by atoms with Crippen LogP contribution < -0.4 is 10.1 Å². The van der Waals surface area contributed by atoms with Crippen molar-refractivity contribution in [2.45, 2.75) is 46.1 Å². The molecule has 0 bridgehead atoms. The molecule has 3 heteroatoms. The van der Waals surface area contributed by atoms with E-state index in [1.807, 2.05) is 13.0 Å². The summed E-state index contributed by atoms with van der Waals surface area (Å²) in [6.45, 7) is 7.77. The average molecular weight is 253 g/mol. The summed E-state index contributed by atoms with van der Waals surface area (Å²) in [7, 11) is 0. The molecule has 0 aliphatic rings. The lowest BCUT2D eigenvalue weighted by Crippen LogP contribution is -2.19. The molecule has 0 heterocycles. The van der Waals surface area contributed by atoms with Gasteiger partial charge in [-0.2, -0.15) is 0 Å². The summed E-state index contributed by atoms with van der Waals surface area (Å²) in [5.74, 6) is 0.0867. The predicted octanol–water partition coefficient (Wildman–Crippen LogP) is 4.07. The Bertz CT molecular complexity index is 354. The van der Waals surface area contributed by atoms with Crippen LogP contribution >= 0.6 is 0 Å². The molecule has 2 nitrogen and oxygen atoms in total. The van der Waals surface area contributed by atoms with Crippen molar-refractivity contribution in [3.63, 3.8) is 0 Å². The zero-order valence-corrected chi connectivity index (χ0v) is 11.6. The number of hydrogen-bond donors (Lipinski definition) is 1. The first-order chi connectivity index (χ1) is 8.69. The fourth-order valence-electron chi connectivity index (χ4n) is 1.71. The van der Waals surface area contributed by atoms with Crippen molar-refractivity contribution in [2.24, 2.45) is 0 Å². The second-order valence-electron chi connectivity index (χ2n) is 4.57. The molecule has 102 valence electrons. The van der Waals surface area contributed by atoms with E-state index in [0.29, 0.717) is 12.4 Å². The van der Waals surface area contributed by atoms with Crippen molar-refractivity contribution in [1.29, 1.82) is 0 Å². The van der Waals surface area contributed by atoms with E-state index in [9.17, 15) is 4.39 Å². The van der Waals surface area contributed by atoms with Gasteiger partial charge in [-0.3, -0.25) is 0 Å². The van der Waals surface area contributed by atoms with Crippen LogP contribution in [-0.2, 0) is 0 Å². The summed E-state index contributed by atoms with van der Waals surface area (Å²) in [4.78, 5) is 0. The second kappa shape index (κ2) is 8.09. The van der Waals surface area contributed by atoms with Gasteiger partial charge in [-0.05, 0) is 44.0 Å². The summed E-state index contributed by atoms with van der Waals surface area (Å²) in [5.41, 5.74) is 0.962. The highest BCUT2D eigenvalue weighted by atomic mass is 19.1. The molecular formula is C15H24FNO. The molecule has 0 aliphatic carbocycles. The molecule has 0 spiro atoms. The minimum Gasteiger partial charge on any atom is -0.491 e. The zero-order valence-electron chi connectivity index (χ0n) is 11.6. The third kappa shape index (κ3) is 4.65. The Kier molecular flexibility index (Phi) is 6.73. The lowest BCUT2D eigenvalue weighted by atomic mass is 10.1. The monoisotopic (exact) mass is 253 g/mol. The highest BCUT2D eigenvalue weighted by molar-refractivity contribution is 5.30. The van der Waals surface area contributed by atoms with E-state index in [4.69, 9.17) is 4.74 Å². The maximum Gasteiger partial charge on any atom is 0.165 e. The van der Waals surface area contributed by atoms with Gasteiger partial charge in [0.2, 0.25) is 0 Å². The third-order valence-electron chi connectivity index (χ3n) is 2.91. The Hall–Kier alpha value is -1.09. The van der Waals surface area contributed by atoms with E-state index in [1.165, 1.54) is 0 Å². The van der Waals surface area contributed by atoms with Crippen LogP contribution in [0.25, 0.3) is 0 Å². The minimum absolute atomic E-state index is 0.171. The van der Waals surface area contributed by atoms with Crippen molar-refractivity contribution >= 4 is 0 Å². The number of rotatable bonds is 8. The predicted molar refractivity (Wildman–Crippen MR) is 73.5 cm³/mol. The maximum absolute atomic E-state index is 13.8.